The fourth-order valence-electron chi connectivity index (χ4n) is 2.04. The normalized spacial score (nSPS) is 20.1. The van der Waals surface area contributed by atoms with Crippen LogP contribution in [0.1, 0.15) is 38.5 Å². The zero-order chi connectivity index (χ0) is 11.1. The molecule has 0 bridgehead atoms. The monoisotopic (exact) mass is 215 g/mol. The molecule has 0 aliphatic heterocycles. The Bertz CT molecular complexity index is 190. The highest BCUT2D eigenvalue weighted by atomic mass is 16.5. The summed E-state index contributed by atoms with van der Waals surface area (Å²) in [4.78, 5) is 10.8. The van der Waals surface area contributed by atoms with Crippen LogP contribution in [0.25, 0.3) is 0 Å². The van der Waals surface area contributed by atoms with E-state index in [1.54, 1.807) is 0 Å². The molecule has 0 aromatic carbocycles. The third-order valence-corrected chi connectivity index (χ3v) is 2.96. The first-order chi connectivity index (χ1) is 7.24. The maximum atomic E-state index is 10.8. The zero-order valence-electron chi connectivity index (χ0n) is 9.15. The molecule has 0 heterocycles. The number of carboxylic acids is 1. The van der Waals surface area contributed by atoms with Crippen LogP contribution < -0.4 is 5.73 Å². The second kappa shape index (κ2) is 6.80. The van der Waals surface area contributed by atoms with Gasteiger partial charge >= 0.3 is 5.97 Å². The number of nitrogens with two attached hydrogens (primary N) is 1. The van der Waals surface area contributed by atoms with Crippen LogP contribution in [-0.4, -0.2) is 30.3 Å². The van der Waals surface area contributed by atoms with E-state index in [1.165, 1.54) is 32.1 Å². The number of ether oxygens (including phenoxy) is 1. The van der Waals surface area contributed by atoms with Gasteiger partial charge in [0.05, 0.1) is 6.61 Å². The maximum Gasteiger partial charge on any atom is 0.332 e. The number of carboxylic acid groups (broad SMARTS) is 1. The second-order valence-corrected chi connectivity index (χ2v) is 4.24. The molecular formula is C11H21NO3. The van der Waals surface area contributed by atoms with Crippen LogP contribution in [0.3, 0.4) is 0 Å². The van der Waals surface area contributed by atoms with Gasteiger partial charge in [0.25, 0.3) is 0 Å². The Labute approximate surface area is 90.8 Å². The molecular weight excluding hydrogens is 194 g/mol. The van der Waals surface area contributed by atoms with Gasteiger partial charge in [-0.2, -0.15) is 0 Å². The summed E-state index contributed by atoms with van der Waals surface area (Å²) in [5.74, 6) is -0.338. The van der Waals surface area contributed by atoms with Crippen molar-refractivity contribution in [2.75, 3.05) is 13.2 Å². The summed E-state index contributed by atoms with van der Waals surface area (Å²) in [6.45, 7) is 0.943. The first kappa shape index (κ1) is 12.5. The Balaban J connectivity index is 2.22. The molecule has 1 aliphatic rings. The van der Waals surface area contributed by atoms with Gasteiger partial charge in [-0.3, -0.25) is 0 Å². The molecule has 3 N–H and O–H groups in total. The number of hydrogen-bond acceptors (Lipinski definition) is 3. The number of rotatable bonds is 6. The summed E-state index contributed by atoms with van der Waals surface area (Å²) in [6, 6.07) is 0. The predicted molar refractivity (Wildman–Crippen MR) is 57.6 cm³/mol. The number of carbonyl (C=O) groups is 1. The van der Waals surface area contributed by atoms with E-state index >= 15 is 0 Å². The van der Waals surface area contributed by atoms with Gasteiger partial charge in [-0.25, -0.2) is 4.79 Å². The summed E-state index contributed by atoms with van der Waals surface area (Å²) in [6.07, 6.45) is 5.86. The van der Waals surface area contributed by atoms with Crippen molar-refractivity contribution < 1.29 is 14.6 Å². The minimum absolute atomic E-state index is 0.363. The predicted octanol–water partition coefficient (Wildman–Crippen LogP) is 1.39. The molecule has 1 aliphatic carbocycles. The lowest BCUT2D eigenvalue weighted by Crippen LogP contribution is -2.29. The quantitative estimate of drug-likeness (QED) is 0.702. The van der Waals surface area contributed by atoms with Crippen molar-refractivity contribution >= 4 is 5.97 Å². The Kier molecular flexibility index (Phi) is 5.65. The van der Waals surface area contributed by atoms with Crippen molar-refractivity contribution in [1.82, 2.24) is 0 Å². The summed E-state index contributed by atoms with van der Waals surface area (Å²) in [7, 11) is 0. The van der Waals surface area contributed by atoms with Gasteiger partial charge in [0.1, 0.15) is 0 Å². The van der Waals surface area contributed by atoms with Gasteiger partial charge < -0.3 is 15.6 Å². The van der Waals surface area contributed by atoms with Crippen LogP contribution >= 0.6 is 0 Å². The summed E-state index contributed by atoms with van der Waals surface area (Å²) in [5, 5.41) is 8.85. The minimum atomic E-state index is -0.892. The van der Waals surface area contributed by atoms with Crippen molar-refractivity contribution in [2.24, 2.45) is 11.7 Å². The van der Waals surface area contributed by atoms with Gasteiger partial charge in [-0.15, -0.1) is 0 Å². The lowest BCUT2D eigenvalue weighted by atomic mass is 9.90. The first-order valence-corrected chi connectivity index (χ1v) is 5.78. The standard InChI is InChI=1S/C11H21NO3/c12-7-6-10(11(13)14)15-8-9-4-2-1-3-5-9/h9-10H,1-8,12H2,(H,13,14). The molecule has 88 valence electrons. The fourth-order valence-corrected chi connectivity index (χ4v) is 2.04. The summed E-state index contributed by atoms with van der Waals surface area (Å²) in [5.41, 5.74) is 5.33. The Morgan fingerprint density at radius 1 is 1.40 bits per heavy atom. The fraction of sp³-hybridized carbons (Fsp3) is 0.909. The van der Waals surface area contributed by atoms with E-state index < -0.39 is 12.1 Å². The molecule has 0 saturated heterocycles. The average Bonchev–Trinajstić information content (AvgIpc) is 2.25. The smallest absolute Gasteiger partial charge is 0.332 e. The van der Waals surface area contributed by atoms with E-state index in [1.807, 2.05) is 0 Å². The van der Waals surface area contributed by atoms with Crippen molar-refractivity contribution in [3.05, 3.63) is 0 Å². The highest BCUT2D eigenvalue weighted by Crippen LogP contribution is 2.24. The molecule has 1 fully saturated rings. The highest BCUT2D eigenvalue weighted by Gasteiger charge is 2.20. The van der Waals surface area contributed by atoms with E-state index in [0.717, 1.165) is 0 Å². The van der Waals surface area contributed by atoms with Crippen LogP contribution in [0, 0.1) is 5.92 Å². The number of aliphatic carboxylic acids is 1. The van der Waals surface area contributed by atoms with Crippen LogP contribution in [0.2, 0.25) is 0 Å². The molecule has 1 atom stereocenters. The molecule has 1 rings (SSSR count). The van der Waals surface area contributed by atoms with Gasteiger partial charge in [0.15, 0.2) is 6.10 Å². The molecule has 1 saturated carbocycles. The highest BCUT2D eigenvalue weighted by molar-refractivity contribution is 5.72. The molecule has 0 radical (unpaired) electrons. The van der Waals surface area contributed by atoms with E-state index in [0.29, 0.717) is 25.5 Å². The molecule has 0 spiro atoms. The SMILES string of the molecule is NCCC(OCC1CCCCC1)C(=O)O. The van der Waals surface area contributed by atoms with Crippen molar-refractivity contribution in [1.29, 1.82) is 0 Å². The largest absolute Gasteiger partial charge is 0.479 e. The number of hydrogen-bond donors (Lipinski definition) is 2. The Morgan fingerprint density at radius 3 is 2.60 bits per heavy atom. The molecule has 0 amide bonds. The van der Waals surface area contributed by atoms with Crippen molar-refractivity contribution in [3.8, 4) is 0 Å². The van der Waals surface area contributed by atoms with Crippen LogP contribution in [0.15, 0.2) is 0 Å². The van der Waals surface area contributed by atoms with Crippen molar-refractivity contribution in [2.45, 2.75) is 44.6 Å². The molecule has 15 heavy (non-hydrogen) atoms. The van der Waals surface area contributed by atoms with Crippen LogP contribution in [-0.2, 0) is 9.53 Å². The second-order valence-electron chi connectivity index (χ2n) is 4.24. The lowest BCUT2D eigenvalue weighted by Gasteiger charge is -2.23. The first-order valence-electron chi connectivity index (χ1n) is 5.78. The van der Waals surface area contributed by atoms with Gasteiger partial charge in [-0.1, -0.05) is 19.3 Å². The van der Waals surface area contributed by atoms with Gasteiger partial charge in [0.2, 0.25) is 0 Å². The van der Waals surface area contributed by atoms with E-state index in [2.05, 4.69) is 0 Å². The molecule has 4 nitrogen and oxygen atoms in total. The third kappa shape index (κ3) is 4.62. The van der Waals surface area contributed by atoms with Gasteiger partial charge in [0, 0.05) is 0 Å². The third-order valence-electron chi connectivity index (χ3n) is 2.96. The Hall–Kier alpha value is -0.610. The van der Waals surface area contributed by atoms with E-state index in [-0.39, 0.29) is 0 Å². The molecule has 0 aromatic heterocycles. The topological polar surface area (TPSA) is 72.5 Å². The average molecular weight is 215 g/mol. The van der Waals surface area contributed by atoms with Gasteiger partial charge in [-0.05, 0) is 31.7 Å². The minimum Gasteiger partial charge on any atom is -0.479 e. The van der Waals surface area contributed by atoms with Crippen LogP contribution in [0.5, 0.6) is 0 Å². The maximum absolute atomic E-state index is 10.8. The molecule has 4 heteroatoms. The summed E-state index contributed by atoms with van der Waals surface area (Å²) >= 11 is 0. The Morgan fingerprint density at radius 2 is 2.07 bits per heavy atom. The zero-order valence-corrected chi connectivity index (χ0v) is 9.15. The lowest BCUT2D eigenvalue weighted by molar-refractivity contribution is -0.151. The van der Waals surface area contributed by atoms with Crippen LogP contribution in [0.4, 0.5) is 0 Å². The van der Waals surface area contributed by atoms with Crippen molar-refractivity contribution in [3.63, 3.8) is 0 Å². The van der Waals surface area contributed by atoms with E-state index in [4.69, 9.17) is 15.6 Å². The molecule has 0 aromatic rings. The molecule has 1 unspecified atom stereocenters. The summed E-state index contributed by atoms with van der Waals surface area (Å²) < 4.78 is 5.40. The van der Waals surface area contributed by atoms with E-state index in [9.17, 15) is 4.79 Å².